The molecule has 1 aliphatic heterocycles. The molecule has 0 saturated carbocycles. The Morgan fingerprint density at radius 3 is 2.94 bits per heavy atom. The van der Waals surface area contributed by atoms with E-state index in [4.69, 9.17) is 0 Å². The molecule has 16 heavy (non-hydrogen) atoms. The van der Waals surface area contributed by atoms with Gasteiger partial charge in [-0.25, -0.2) is 4.39 Å². The molecule has 1 unspecified atom stereocenters. The summed E-state index contributed by atoms with van der Waals surface area (Å²) < 4.78 is 13.4. The highest BCUT2D eigenvalue weighted by molar-refractivity contribution is 5.71. The van der Waals surface area contributed by atoms with Crippen LogP contribution in [-0.4, -0.2) is 12.6 Å². The van der Waals surface area contributed by atoms with E-state index in [1.54, 1.807) is 13.0 Å². The maximum atomic E-state index is 13.4. The molecule has 2 N–H and O–H groups in total. The quantitative estimate of drug-likeness (QED) is 0.800. The maximum absolute atomic E-state index is 13.4. The Morgan fingerprint density at radius 1 is 1.38 bits per heavy atom. The number of halogens is 1. The molecule has 1 aromatic rings. The summed E-state index contributed by atoms with van der Waals surface area (Å²) in [7, 11) is 0. The molecule has 0 aromatic heterocycles. The van der Waals surface area contributed by atoms with Crippen molar-refractivity contribution < 1.29 is 4.39 Å². The topological polar surface area (TPSA) is 24.1 Å². The van der Waals surface area contributed by atoms with Crippen molar-refractivity contribution in [3.8, 4) is 0 Å². The molecule has 1 aromatic carbocycles. The van der Waals surface area contributed by atoms with Gasteiger partial charge in [0.1, 0.15) is 5.82 Å². The molecule has 2 rings (SSSR count). The number of rotatable bonds is 2. The van der Waals surface area contributed by atoms with Gasteiger partial charge in [0.15, 0.2) is 0 Å². The van der Waals surface area contributed by atoms with Crippen molar-refractivity contribution in [1.82, 2.24) is 0 Å². The van der Waals surface area contributed by atoms with Crippen LogP contribution in [0.1, 0.15) is 31.7 Å². The third-order valence-electron chi connectivity index (χ3n) is 3.10. The van der Waals surface area contributed by atoms with E-state index < -0.39 is 0 Å². The predicted molar refractivity (Wildman–Crippen MR) is 66.6 cm³/mol. The fraction of sp³-hybridized carbons (Fsp3) is 0.538. The zero-order chi connectivity index (χ0) is 11.5. The molecule has 0 fully saturated rings. The molecule has 3 heteroatoms. The Bertz CT molecular complexity index is 376. The summed E-state index contributed by atoms with van der Waals surface area (Å²) in [6.07, 6.45) is 3.42. The molecule has 0 radical (unpaired) electrons. The fourth-order valence-electron chi connectivity index (χ4n) is 2.19. The molecular formula is C13H19FN2. The molecular weight excluding hydrogens is 203 g/mol. The van der Waals surface area contributed by atoms with Crippen LogP contribution in [0.5, 0.6) is 0 Å². The number of hydrogen-bond donors (Lipinski definition) is 2. The van der Waals surface area contributed by atoms with Crippen LogP contribution in [0.2, 0.25) is 0 Å². The Hall–Kier alpha value is -1.25. The van der Waals surface area contributed by atoms with Gasteiger partial charge in [-0.15, -0.1) is 0 Å². The van der Waals surface area contributed by atoms with Crippen molar-refractivity contribution >= 4 is 11.4 Å². The summed E-state index contributed by atoms with van der Waals surface area (Å²) in [5.41, 5.74) is 2.63. The second-order valence-corrected chi connectivity index (χ2v) is 4.49. The minimum atomic E-state index is -0.137. The first kappa shape index (κ1) is 11.2. The van der Waals surface area contributed by atoms with Gasteiger partial charge >= 0.3 is 0 Å². The van der Waals surface area contributed by atoms with Gasteiger partial charge in [-0.3, -0.25) is 0 Å². The van der Waals surface area contributed by atoms with E-state index in [0.717, 1.165) is 30.8 Å². The van der Waals surface area contributed by atoms with E-state index in [1.165, 1.54) is 6.42 Å². The van der Waals surface area contributed by atoms with Crippen molar-refractivity contribution in [2.45, 2.75) is 39.2 Å². The minimum Gasteiger partial charge on any atom is -0.383 e. The largest absolute Gasteiger partial charge is 0.383 e. The molecule has 1 atom stereocenters. The normalized spacial score (nSPS) is 19.3. The highest BCUT2D eigenvalue weighted by atomic mass is 19.1. The third-order valence-corrected chi connectivity index (χ3v) is 3.10. The number of hydrogen-bond acceptors (Lipinski definition) is 2. The van der Waals surface area contributed by atoms with Gasteiger partial charge in [0.25, 0.3) is 0 Å². The average molecular weight is 222 g/mol. The molecule has 1 heterocycles. The van der Waals surface area contributed by atoms with Gasteiger partial charge in [-0.1, -0.05) is 13.3 Å². The summed E-state index contributed by atoms with van der Waals surface area (Å²) in [6, 6.07) is 3.99. The van der Waals surface area contributed by atoms with Gasteiger partial charge < -0.3 is 10.6 Å². The zero-order valence-electron chi connectivity index (χ0n) is 9.94. The van der Waals surface area contributed by atoms with Crippen LogP contribution in [-0.2, 0) is 0 Å². The average Bonchev–Trinajstić information content (AvgIpc) is 2.42. The lowest BCUT2D eigenvalue weighted by atomic mass is 10.1. The van der Waals surface area contributed by atoms with Gasteiger partial charge in [-0.2, -0.15) is 0 Å². The van der Waals surface area contributed by atoms with E-state index >= 15 is 0 Å². The van der Waals surface area contributed by atoms with Crippen molar-refractivity contribution in [2.75, 3.05) is 17.2 Å². The number of nitrogens with one attached hydrogen (secondary N) is 2. The van der Waals surface area contributed by atoms with Crippen molar-refractivity contribution in [3.63, 3.8) is 0 Å². The molecule has 1 aliphatic rings. The highest BCUT2D eigenvalue weighted by Crippen LogP contribution is 2.29. The summed E-state index contributed by atoms with van der Waals surface area (Å²) in [5.74, 6) is -0.137. The molecule has 0 aliphatic carbocycles. The minimum absolute atomic E-state index is 0.137. The lowest BCUT2D eigenvalue weighted by Gasteiger charge is -2.17. The standard InChI is InChI=1S/C13H19FN2/c1-3-4-10-5-6-15-12-8-11(14)9(2)7-13(12)16-10/h7-8,10,15-16H,3-6H2,1-2H3. The van der Waals surface area contributed by atoms with E-state index in [0.29, 0.717) is 11.6 Å². The van der Waals surface area contributed by atoms with E-state index in [9.17, 15) is 4.39 Å². The number of aryl methyl sites for hydroxylation is 1. The zero-order valence-corrected chi connectivity index (χ0v) is 9.94. The summed E-state index contributed by atoms with van der Waals surface area (Å²) in [4.78, 5) is 0. The van der Waals surface area contributed by atoms with Crippen molar-refractivity contribution in [2.24, 2.45) is 0 Å². The highest BCUT2D eigenvalue weighted by Gasteiger charge is 2.15. The fourth-order valence-corrected chi connectivity index (χ4v) is 2.19. The third kappa shape index (κ3) is 2.29. The van der Waals surface area contributed by atoms with E-state index in [2.05, 4.69) is 17.6 Å². The number of fused-ring (bicyclic) bond motifs is 1. The molecule has 0 amide bonds. The van der Waals surface area contributed by atoms with Crippen molar-refractivity contribution in [3.05, 3.63) is 23.5 Å². The first-order valence-electron chi connectivity index (χ1n) is 6.01. The monoisotopic (exact) mass is 222 g/mol. The Morgan fingerprint density at radius 2 is 2.19 bits per heavy atom. The first-order chi connectivity index (χ1) is 7.70. The second kappa shape index (κ2) is 4.73. The molecule has 2 nitrogen and oxygen atoms in total. The Labute approximate surface area is 96.2 Å². The van der Waals surface area contributed by atoms with Crippen LogP contribution in [0.15, 0.2) is 12.1 Å². The second-order valence-electron chi connectivity index (χ2n) is 4.49. The Kier molecular flexibility index (Phi) is 3.32. The van der Waals surface area contributed by atoms with Crippen LogP contribution in [0, 0.1) is 12.7 Å². The van der Waals surface area contributed by atoms with Crippen molar-refractivity contribution in [1.29, 1.82) is 0 Å². The summed E-state index contributed by atoms with van der Waals surface area (Å²) in [6.45, 7) is 4.90. The lowest BCUT2D eigenvalue weighted by molar-refractivity contribution is 0.615. The predicted octanol–water partition coefficient (Wildman–Crippen LogP) is 3.53. The SMILES string of the molecule is CCCC1CCNc2cc(F)c(C)cc2N1. The number of anilines is 2. The summed E-state index contributed by atoms with van der Waals surface area (Å²) >= 11 is 0. The van der Waals surface area contributed by atoms with Gasteiger partial charge in [-0.05, 0) is 37.5 Å². The van der Waals surface area contributed by atoms with Crippen LogP contribution in [0.4, 0.5) is 15.8 Å². The van der Waals surface area contributed by atoms with Gasteiger partial charge in [0.2, 0.25) is 0 Å². The molecule has 0 bridgehead atoms. The van der Waals surface area contributed by atoms with E-state index in [1.807, 2.05) is 6.07 Å². The summed E-state index contributed by atoms with van der Waals surface area (Å²) in [5, 5.41) is 6.78. The van der Waals surface area contributed by atoms with Crippen LogP contribution in [0.3, 0.4) is 0 Å². The number of benzene rings is 1. The Balaban J connectivity index is 2.25. The van der Waals surface area contributed by atoms with Gasteiger partial charge in [0.05, 0.1) is 11.4 Å². The van der Waals surface area contributed by atoms with Crippen LogP contribution < -0.4 is 10.6 Å². The molecule has 0 spiro atoms. The maximum Gasteiger partial charge on any atom is 0.128 e. The van der Waals surface area contributed by atoms with Crippen LogP contribution in [0.25, 0.3) is 0 Å². The van der Waals surface area contributed by atoms with Crippen LogP contribution >= 0.6 is 0 Å². The first-order valence-corrected chi connectivity index (χ1v) is 6.01. The lowest BCUT2D eigenvalue weighted by Crippen LogP contribution is -2.19. The molecule has 88 valence electrons. The smallest absolute Gasteiger partial charge is 0.128 e. The molecule has 0 saturated heterocycles. The van der Waals surface area contributed by atoms with Gasteiger partial charge in [0, 0.05) is 12.6 Å². The van der Waals surface area contributed by atoms with E-state index in [-0.39, 0.29) is 5.82 Å².